The zero-order valence-electron chi connectivity index (χ0n) is 20.2. The van der Waals surface area contributed by atoms with Gasteiger partial charge in [0.2, 0.25) is 0 Å². The molecule has 10 unspecified atom stereocenters. The van der Waals surface area contributed by atoms with E-state index in [1.54, 1.807) is 12.3 Å². The minimum Gasteiger partial charge on any atom is -0.472 e. The van der Waals surface area contributed by atoms with Crippen LogP contribution < -0.4 is 0 Å². The highest BCUT2D eigenvalue weighted by Crippen LogP contribution is 2.80. The number of cyclic esters (lactones) is 2. The van der Waals surface area contributed by atoms with E-state index >= 15 is 0 Å². The molecule has 2 aliphatic carbocycles. The van der Waals surface area contributed by atoms with Crippen LogP contribution in [0.25, 0.3) is 0 Å². The molecule has 9 nitrogen and oxygen atoms in total. The Morgan fingerprint density at radius 3 is 2.54 bits per heavy atom. The summed E-state index contributed by atoms with van der Waals surface area (Å²) in [5.41, 5.74) is -3.90. The molecule has 1 N–H and O–H groups in total. The number of carbonyl (C=O) groups is 3. The molecular weight excluding hydrogens is 456 g/mol. The Balaban J connectivity index is 1.43. The van der Waals surface area contributed by atoms with Crippen LogP contribution in [-0.4, -0.2) is 58.9 Å². The van der Waals surface area contributed by atoms with Gasteiger partial charge in [0.1, 0.15) is 24.4 Å². The first kappa shape index (κ1) is 22.0. The highest BCUT2D eigenvalue weighted by atomic mass is 16.7. The number of epoxide rings is 1. The van der Waals surface area contributed by atoms with E-state index < -0.39 is 63.8 Å². The van der Waals surface area contributed by atoms with Gasteiger partial charge in [0, 0.05) is 21.8 Å². The molecule has 4 aliphatic heterocycles. The number of ketones is 1. The fraction of sp³-hybridized carbons (Fsp3) is 0.731. The molecule has 0 amide bonds. The molecule has 0 radical (unpaired) electrons. The van der Waals surface area contributed by atoms with Crippen LogP contribution in [-0.2, 0) is 33.3 Å². The maximum absolute atomic E-state index is 14.1. The summed E-state index contributed by atoms with van der Waals surface area (Å²) in [6.45, 7) is 7.66. The number of esters is 2. The third-order valence-corrected chi connectivity index (χ3v) is 10.7. The molecular formula is C26H30O9. The van der Waals surface area contributed by atoms with Crippen molar-refractivity contribution in [2.45, 2.75) is 82.6 Å². The number of furan rings is 1. The van der Waals surface area contributed by atoms with E-state index in [0.717, 1.165) is 5.56 Å². The van der Waals surface area contributed by atoms with Gasteiger partial charge in [-0.3, -0.25) is 9.59 Å². The summed E-state index contributed by atoms with van der Waals surface area (Å²) in [7, 11) is 0. The highest BCUT2D eigenvalue weighted by Gasteiger charge is 2.90. The standard InChI is InChI=1S/C26H30O9/c1-22(2)17-16(28)18(29)24(4)13(25(17)11-32-15(27)9-14(25)34-22)5-7-23(3)19(12-6-8-31-10-12)33-21(30)20-26(23,24)35-20/h6,8,10,13-14,17-20,29H,5,7,9,11H2,1-4H3. The van der Waals surface area contributed by atoms with Crippen LogP contribution in [0.3, 0.4) is 0 Å². The van der Waals surface area contributed by atoms with E-state index in [1.807, 2.05) is 27.7 Å². The molecule has 6 aliphatic rings. The van der Waals surface area contributed by atoms with Gasteiger partial charge in [-0.25, -0.2) is 4.79 Å². The van der Waals surface area contributed by atoms with E-state index in [2.05, 4.69) is 0 Å². The summed E-state index contributed by atoms with van der Waals surface area (Å²) < 4.78 is 29.6. The molecule has 4 saturated heterocycles. The second kappa shape index (κ2) is 6.18. The van der Waals surface area contributed by atoms with Gasteiger partial charge >= 0.3 is 11.9 Å². The number of rotatable bonds is 1. The molecule has 35 heavy (non-hydrogen) atoms. The minimum absolute atomic E-state index is 0.0520. The molecule has 1 aromatic rings. The molecule has 5 heterocycles. The average Bonchev–Trinajstić information content (AvgIpc) is 3.26. The minimum atomic E-state index is -1.37. The van der Waals surface area contributed by atoms with Gasteiger partial charge in [0.15, 0.2) is 11.9 Å². The van der Waals surface area contributed by atoms with Crippen molar-refractivity contribution in [2.24, 2.45) is 28.1 Å². The monoisotopic (exact) mass is 486 g/mol. The Labute approximate surface area is 202 Å². The number of Topliss-reactive ketones (excluding diaryl/α,β-unsaturated/α-hetero) is 1. The number of aliphatic hydroxyl groups is 1. The summed E-state index contributed by atoms with van der Waals surface area (Å²) in [4.78, 5) is 39.6. The van der Waals surface area contributed by atoms with Crippen molar-refractivity contribution < 1.29 is 42.9 Å². The lowest BCUT2D eigenvalue weighted by molar-refractivity contribution is -0.252. The Morgan fingerprint density at radius 1 is 1.06 bits per heavy atom. The maximum atomic E-state index is 14.1. The van der Waals surface area contributed by atoms with Crippen molar-refractivity contribution in [2.75, 3.05) is 6.61 Å². The zero-order chi connectivity index (χ0) is 24.8. The number of aliphatic hydroxyl groups excluding tert-OH is 1. The summed E-state index contributed by atoms with van der Waals surface area (Å²) in [6, 6.07) is 1.77. The summed E-state index contributed by atoms with van der Waals surface area (Å²) in [5, 5.41) is 11.8. The van der Waals surface area contributed by atoms with E-state index in [4.69, 9.17) is 23.4 Å². The van der Waals surface area contributed by atoms with Crippen LogP contribution in [0.2, 0.25) is 0 Å². The highest BCUT2D eigenvalue weighted by molar-refractivity contribution is 5.92. The van der Waals surface area contributed by atoms with Crippen LogP contribution in [0.4, 0.5) is 0 Å². The van der Waals surface area contributed by atoms with Gasteiger partial charge in [-0.05, 0) is 38.7 Å². The molecule has 9 heteroatoms. The Kier molecular flexibility index (Phi) is 3.88. The zero-order valence-corrected chi connectivity index (χ0v) is 20.2. The first-order valence-electron chi connectivity index (χ1n) is 12.4. The molecule has 2 saturated carbocycles. The third-order valence-electron chi connectivity index (χ3n) is 10.7. The second-order valence-corrected chi connectivity index (χ2v) is 12.3. The largest absolute Gasteiger partial charge is 0.472 e. The molecule has 0 aromatic carbocycles. The van der Waals surface area contributed by atoms with Gasteiger partial charge in [-0.2, -0.15) is 0 Å². The number of ether oxygens (including phenoxy) is 4. The van der Waals surface area contributed by atoms with E-state index in [0.29, 0.717) is 12.8 Å². The average molecular weight is 487 g/mol. The number of fused-ring (bicyclic) bond motifs is 1. The number of carbonyl (C=O) groups excluding carboxylic acids is 3. The van der Waals surface area contributed by atoms with E-state index in [1.165, 1.54) is 6.26 Å². The predicted octanol–water partition coefficient (Wildman–Crippen LogP) is 2.11. The first-order valence-corrected chi connectivity index (χ1v) is 12.4. The molecule has 10 atom stereocenters. The summed E-state index contributed by atoms with van der Waals surface area (Å²) in [6.07, 6.45) is 1.02. The SMILES string of the molecule is CC1(C)OC2CC(=O)OCC23C1C(=O)C(O)C1(C)C3CCC2(C)C(c3ccoc3)OC(=O)C3OC321. The second-order valence-electron chi connectivity index (χ2n) is 12.3. The molecule has 0 bridgehead atoms. The Hall–Kier alpha value is -2.23. The van der Waals surface area contributed by atoms with Crippen LogP contribution in [0.1, 0.15) is 58.6 Å². The molecule has 1 aromatic heterocycles. The lowest BCUT2D eigenvalue weighted by atomic mass is 9.36. The van der Waals surface area contributed by atoms with Crippen LogP contribution in [0.5, 0.6) is 0 Å². The number of hydrogen-bond acceptors (Lipinski definition) is 9. The van der Waals surface area contributed by atoms with Crippen molar-refractivity contribution in [3.05, 3.63) is 24.2 Å². The van der Waals surface area contributed by atoms with Crippen LogP contribution in [0, 0.1) is 28.1 Å². The van der Waals surface area contributed by atoms with E-state index in [-0.39, 0.29) is 30.7 Å². The van der Waals surface area contributed by atoms with Crippen molar-refractivity contribution in [3.63, 3.8) is 0 Å². The summed E-state index contributed by atoms with van der Waals surface area (Å²) >= 11 is 0. The quantitative estimate of drug-likeness (QED) is 0.469. The van der Waals surface area contributed by atoms with Crippen LogP contribution in [0.15, 0.2) is 23.0 Å². The normalized spacial score (nSPS) is 53.3. The third kappa shape index (κ3) is 2.14. The molecule has 6 fully saturated rings. The Bertz CT molecular complexity index is 1160. The lowest BCUT2D eigenvalue weighted by Gasteiger charge is -2.66. The van der Waals surface area contributed by atoms with Crippen molar-refractivity contribution in [3.8, 4) is 0 Å². The van der Waals surface area contributed by atoms with E-state index in [9.17, 15) is 19.5 Å². The van der Waals surface area contributed by atoms with Gasteiger partial charge in [0.05, 0.1) is 36.6 Å². The topological polar surface area (TPSA) is 125 Å². The fourth-order valence-corrected chi connectivity index (χ4v) is 9.52. The van der Waals surface area contributed by atoms with Crippen molar-refractivity contribution >= 4 is 17.7 Å². The van der Waals surface area contributed by atoms with Gasteiger partial charge in [-0.1, -0.05) is 13.8 Å². The first-order chi connectivity index (χ1) is 16.4. The maximum Gasteiger partial charge on any atom is 0.339 e. The van der Waals surface area contributed by atoms with Gasteiger partial charge in [0.25, 0.3) is 0 Å². The Morgan fingerprint density at radius 2 is 1.83 bits per heavy atom. The molecule has 188 valence electrons. The predicted molar refractivity (Wildman–Crippen MR) is 116 cm³/mol. The van der Waals surface area contributed by atoms with Gasteiger partial charge in [-0.15, -0.1) is 0 Å². The van der Waals surface area contributed by atoms with Crippen molar-refractivity contribution in [1.29, 1.82) is 0 Å². The molecule has 2 spiro atoms. The van der Waals surface area contributed by atoms with Crippen molar-refractivity contribution in [1.82, 2.24) is 0 Å². The fourth-order valence-electron chi connectivity index (χ4n) is 9.52. The molecule has 7 rings (SSSR count). The number of hydrogen-bond donors (Lipinski definition) is 1. The summed E-state index contributed by atoms with van der Waals surface area (Å²) in [5.74, 6) is -2.09. The smallest absolute Gasteiger partial charge is 0.339 e. The lowest BCUT2D eigenvalue weighted by Crippen LogP contribution is -2.76. The van der Waals surface area contributed by atoms with Crippen LogP contribution >= 0.6 is 0 Å². The van der Waals surface area contributed by atoms with Gasteiger partial charge < -0.3 is 28.5 Å².